The smallest absolute Gasteiger partial charge is 0.405 e. The topological polar surface area (TPSA) is 55.6 Å². The fraction of sp³-hybridized carbons (Fsp3) is 0.588. The van der Waals surface area contributed by atoms with Crippen molar-refractivity contribution in [3.63, 3.8) is 0 Å². The van der Waals surface area contributed by atoms with E-state index in [0.717, 1.165) is 0 Å². The molecule has 7 heteroatoms. The summed E-state index contributed by atoms with van der Waals surface area (Å²) in [7, 11) is 1.70. The standard InChI is InChI=1S/C17H23F3N2O2/c1-16(2,9-21)10-22(3)15(23)13-8-12(13)11-6-4-5-7-14(11)24-17(18,19)20/h4-7,12-13H,8-10,21H2,1-3H3. The van der Waals surface area contributed by atoms with Gasteiger partial charge in [0, 0.05) is 19.5 Å². The van der Waals surface area contributed by atoms with Gasteiger partial charge in [0.2, 0.25) is 5.91 Å². The van der Waals surface area contributed by atoms with Gasteiger partial charge in [-0.05, 0) is 35.9 Å². The van der Waals surface area contributed by atoms with Gasteiger partial charge in [-0.15, -0.1) is 13.2 Å². The maximum Gasteiger partial charge on any atom is 0.573 e. The lowest BCUT2D eigenvalue weighted by Gasteiger charge is -2.29. The van der Waals surface area contributed by atoms with E-state index in [0.29, 0.717) is 25.1 Å². The normalized spacial score (nSPS) is 20.6. The zero-order valence-corrected chi connectivity index (χ0v) is 14.1. The van der Waals surface area contributed by atoms with Crippen molar-refractivity contribution in [3.8, 4) is 5.75 Å². The zero-order valence-electron chi connectivity index (χ0n) is 14.1. The molecule has 0 bridgehead atoms. The Hall–Kier alpha value is -1.76. The van der Waals surface area contributed by atoms with Crippen LogP contribution in [0.25, 0.3) is 0 Å². The summed E-state index contributed by atoms with van der Waals surface area (Å²) in [6.45, 7) is 4.88. The molecule has 0 radical (unpaired) electrons. The van der Waals surface area contributed by atoms with Crippen molar-refractivity contribution < 1.29 is 22.7 Å². The van der Waals surface area contributed by atoms with Crippen molar-refractivity contribution in [2.45, 2.75) is 32.5 Å². The molecular formula is C17H23F3N2O2. The summed E-state index contributed by atoms with van der Waals surface area (Å²) in [6.07, 6.45) is -4.21. The van der Waals surface area contributed by atoms with Gasteiger partial charge in [-0.3, -0.25) is 4.79 Å². The van der Waals surface area contributed by atoms with Crippen LogP contribution in [0.4, 0.5) is 13.2 Å². The Labute approximate surface area is 139 Å². The van der Waals surface area contributed by atoms with Crippen molar-refractivity contribution in [2.75, 3.05) is 20.1 Å². The Kier molecular flexibility index (Phi) is 5.13. The minimum atomic E-state index is -4.74. The highest BCUT2D eigenvalue weighted by molar-refractivity contribution is 5.83. The Bertz CT molecular complexity index is 602. The van der Waals surface area contributed by atoms with Gasteiger partial charge in [-0.25, -0.2) is 0 Å². The van der Waals surface area contributed by atoms with E-state index in [1.165, 1.54) is 12.1 Å². The molecule has 2 atom stereocenters. The van der Waals surface area contributed by atoms with Crippen LogP contribution in [0.15, 0.2) is 24.3 Å². The number of hydrogen-bond acceptors (Lipinski definition) is 3. The minimum absolute atomic E-state index is 0.0664. The average Bonchev–Trinajstić information content (AvgIpc) is 3.25. The van der Waals surface area contributed by atoms with Crippen LogP contribution in [0.2, 0.25) is 0 Å². The third-order valence-corrected chi connectivity index (χ3v) is 4.25. The molecule has 0 spiro atoms. The van der Waals surface area contributed by atoms with E-state index in [9.17, 15) is 18.0 Å². The lowest BCUT2D eigenvalue weighted by molar-refractivity contribution is -0.274. The van der Waals surface area contributed by atoms with Gasteiger partial charge in [0.05, 0.1) is 0 Å². The number of carbonyl (C=O) groups is 1. The molecule has 2 unspecified atom stereocenters. The van der Waals surface area contributed by atoms with E-state index in [-0.39, 0.29) is 28.9 Å². The van der Waals surface area contributed by atoms with Gasteiger partial charge in [-0.2, -0.15) is 0 Å². The van der Waals surface area contributed by atoms with Crippen molar-refractivity contribution in [1.82, 2.24) is 4.90 Å². The van der Waals surface area contributed by atoms with Crippen LogP contribution in [-0.4, -0.2) is 37.3 Å². The first-order valence-electron chi connectivity index (χ1n) is 7.84. The largest absolute Gasteiger partial charge is 0.573 e. The molecule has 1 aromatic carbocycles. The van der Waals surface area contributed by atoms with Crippen LogP contribution in [0.5, 0.6) is 5.75 Å². The number of nitrogens with zero attached hydrogens (tertiary/aromatic N) is 1. The zero-order chi connectivity index (χ0) is 18.1. The summed E-state index contributed by atoms with van der Waals surface area (Å²) in [5.41, 5.74) is 5.91. The molecule has 24 heavy (non-hydrogen) atoms. The molecule has 0 aliphatic heterocycles. The lowest BCUT2D eigenvalue weighted by Crippen LogP contribution is -2.40. The molecule has 1 amide bonds. The first kappa shape index (κ1) is 18.6. The number of para-hydroxylation sites is 1. The fourth-order valence-corrected chi connectivity index (χ4v) is 2.88. The summed E-state index contributed by atoms with van der Waals surface area (Å²) >= 11 is 0. The number of hydrogen-bond donors (Lipinski definition) is 1. The molecule has 2 N–H and O–H groups in total. The predicted molar refractivity (Wildman–Crippen MR) is 84.4 cm³/mol. The Morgan fingerprint density at radius 3 is 2.54 bits per heavy atom. The number of ether oxygens (including phenoxy) is 1. The number of halogens is 3. The lowest BCUT2D eigenvalue weighted by atomic mass is 9.93. The highest BCUT2D eigenvalue weighted by Crippen LogP contribution is 2.51. The summed E-state index contributed by atoms with van der Waals surface area (Å²) in [5.74, 6) is -0.834. The van der Waals surface area contributed by atoms with E-state index < -0.39 is 6.36 Å². The summed E-state index contributed by atoms with van der Waals surface area (Å²) in [4.78, 5) is 14.1. The second-order valence-corrected chi connectivity index (χ2v) is 7.10. The Morgan fingerprint density at radius 2 is 1.96 bits per heavy atom. The molecule has 1 saturated carbocycles. The molecule has 1 aromatic rings. The maximum atomic E-state index is 12.5. The van der Waals surface area contributed by atoms with E-state index in [1.54, 1.807) is 24.1 Å². The Morgan fingerprint density at radius 1 is 1.33 bits per heavy atom. The molecule has 2 rings (SSSR count). The van der Waals surface area contributed by atoms with E-state index in [4.69, 9.17) is 5.73 Å². The van der Waals surface area contributed by atoms with Crippen molar-refractivity contribution in [3.05, 3.63) is 29.8 Å². The number of amides is 1. The van der Waals surface area contributed by atoms with Gasteiger partial charge in [0.25, 0.3) is 0 Å². The van der Waals surface area contributed by atoms with E-state index in [1.807, 2.05) is 13.8 Å². The van der Waals surface area contributed by atoms with Crippen molar-refractivity contribution >= 4 is 5.91 Å². The van der Waals surface area contributed by atoms with Crippen LogP contribution < -0.4 is 10.5 Å². The molecule has 0 saturated heterocycles. The van der Waals surface area contributed by atoms with Crippen molar-refractivity contribution in [2.24, 2.45) is 17.1 Å². The quantitative estimate of drug-likeness (QED) is 0.863. The van der Waals surface area contributed by atoms with Crippen LogP contribution >= 0.6 is 0 Å². The predicted octanol–water partition coefficient (Wildman–Crippen LogP) is 3.13. The minimum Gasteiger partial charge on any atom is -0.405 e. The number of benzene rings is 1. The molecule has 1 aliphatic rings. The second kappa shape index (κ2) is 6.63. The SMILES string of the molecule is CN(CC(C)(C)CN)C(=O)C1CC1c1ccccc1OC(F)(F)F. The molecule has 1 aliphatic carbocycles. The molecule has 1 fully saturated rings. The van der Waals surface area contributed by atoms with Crippen LogP contribution in [0.3, 0.4) is 0 Å². The summed E-state index contributed by atoms with van der Waals surface area (Å²) < 4.78 is 41.6. The molecular weight excluding hydrogens is 321 g/mol. The van der Waals surface area contributed by atoms with Crippen LogP contribution in [0, 0.1) is 11.3 Å². The van der Waals surface area contributed by atoms with Crippen LogP contribution in [0.1, 0.15) is 31.7 Å². The number of carbonyl (C=O) groups excluding carboxylic acids is 1. The maximum absolute atomic E-state index is 12.5. The number of rotatable bonds is 6. The summed E-state index contributed by atoms with van der Waals surface area (Å²) in [5, 5.41) is 0. The van der Waals surface area contributed by atoms with E-state index >= 15 is 0 Å². The molecule has 4 nitrogen and oxygen atoms in total. The molecule has 0 heterocycles. The van der Waals surface area contributed by atoms with Crippen LogP contribution in [-0.2, 0) is 4.79 Å². The summed E-state index contributed by atoms with van der Waals surface area (Å²) in [6, 6.07) is 6.01. The molecule has 0 aromatic heterocycles. The Balaban J connectivity index is 2.06. The van der Waals surface area contributed by atoms with Gasteiger partial charge in [0.15, 0.2) is 0 Å². The highest BCUT2D eigenvalue weighted by Gasteiger charge is 2.47. The first-order chi connectivity index (χ1) is 11.0. The highest BCUT2D eigenvalue weighted by atomic mass is 19.4. The fourth-order valence-electron chi connectivity index (χ4n) is 2.88. The molecule has 134 valence electrons. The van der Waals surface area contributed by atoms with Gasteiger partial charge >= 0.3 is 6.36 Å². The van der Waals surface area contributed by atoms with Gasteiger partial charge in [0.1, 0.15) is 5.75 Å². The third kappa shape index (κ3) is 4.63. The van der Waals surface area contributed by atoms with Gasteiger partial charge in [-0.1, -0.05) is 32.0 Å². The monoisotopic (exact) mass is 344 g/mol. The first-order valence-corrected chi connectivity index (χ1v) is 7.84. The van der Waals surface area contributed by atoms with Crippen molar-refractivity contribution in [1.29, 1.82) is 0 Å². The van der Waals surface area contributed by atoms with E-state index in [2.05, 4.69) is 4.74 Å². The number of nitrogens with two attached hydrogens (primary N) is 1. The average molecular weight is 344 g/mol. The van der Waals surface area contributed by atoms with Gasteiger partial charge < -0.3 is 15.4 Å². The second-order valence-electron chi connectivity index (χ2n) is 7.10. The number of alkyl halides is 3. The third-order valence-electron chi connectivity index (χ3n) is 4.25.